The first-order valence-electron chi connectivity index (χ1n) is 7.97. The molecule has 0 heterocycles. The Balaban J connectivity index is 2.07. The Kier molecular flexibility index (Phi) is 5.20. The van der Waals surface area contributed by atoms with Gasteiger partial charge in [0.05, 0.1) is 6.10 Å². The monoisotopic (exact) mass is 278 g/mol. The lowest BCUT2D eigenvalue weighted by Crippen LogP contribution is -2.22. The molecular formula is C18H27FO. The molecule has 0 saturated heterocycles. The van der Waals surface area contributed by atoms with Gasteiger partial charge in [-0.1, -0.05) is 38.7 Å². The van der Waals surface area contributed by atoms with E-state index in [-0.39, 0.29) is 11.7 Å². The van der Waals surface area contributed by atoms with Gasteiger partial charge in [0, 0.05) is 5.56 Å². The van der Waals surface area contributed by atoms with Crippen LogP contribution < -0.4 is 0 Å². The molecule has 1 fully saturated rings. The first kappa shape index (κ1) is 15.5. The van der Waals surface area contributed by atoms with Crippen molar-refractivity contribution < 1.29 is 9.50 Å². The highest BCUT2D eigenvalue weighted by Crippen LogP contribution is 2.39. The topological polar surface area (TPSA) is 20.2 Å². The largest absolute Gasteiger partial charge is 0.388 e. The van der Waals surface area contributed by atoms with Crippen molar-refractivity contribution in [2.75, 3.05) is 0 Å². The van der Waals surface area contributed by atoms with Crippen LogP contribution in [-0.4, -0.2) is 5.11 Å². The van der Waals surface area contributed by atoms with Crippen LogP contribution in [0, 0.1) is 31.5 Å². The van der Waals surface area contributed by atoms with E-state index in [1.807, 2.05) is 19.9 Å². The summed E-state index contributed by atoms with van der Waals surface area (Å²) in [6, 6.07) is 3.50. The molecule has 112 valence electrons. The Morgan fingerprint density at radius 2 is 1.85 bits per heavy atom. The number of aliphatic hydroxyl groups excluding tert-OH is 1. The summed E-state index contributed by atoms with van der Waals surface area (Å²) in [5.74, 6) is 0.789. The first-order valence-corrected chi connectivity index (χ1v) is 7.97. The van der Waals surface area contributed by atoms with E-state index in [4.69, 9.17) is 0 Å². The molecule has 1 N–H and O–H groups in total. The van der Waals surface area contributed by atoms with Crippen LogP contribution in [0.5, 0.6) is 0 Å². The van der Waals surface area contributed by atoms with Gasteiger partial charge in [-0.3, -0.25) is 0 Å². The number of rotatable bonds is 4. The van der Waals surface area contributed by atoms with Gasteiger partial charge >= 0.3 is 0 Å². The fraction of sp³-hybridized carbons (Fsp3) is 0.667. The van der Waals surface area contributed by atoms with Gasteiger partial charge in [-0.2, -0.15) is 0 Å². The minimum atomic E-state index is -0.641. The maximum absolute atomic E-state index is 14.2. The lowest BCUT2D eigenvalue weighted by Gasteiger charge is -2.32. The molecule has 0 spiro atoms. The molecule has 1 atom stereocenters. The van der Waals surface area contributed by atoms with Crippen LogP contribution in [0.15, 0.2) is 12.1 Å². The van der Waals surface area contributed by atoms with Crippen LogP contribution in [0.25, 0.3) is 0 Å². The van der Waals surface area contributed by atoms with Crippen molar-refractivity contribution in [3.05, 3.63) is 34.6 Å². The summed E-state index contributed by atoms with van der Waals surface area (Å²) in [5, 5.41) is 10.6. The molecule has 1 unspecified atom stereocenters. The number of hydrogen-bond acceptors (Lipinski definition) is 1. The highest BCUT2D eigenvalue weighted by molar-refractivity contribution is 5.34. The number of aliphatic hydroxyl groups is 1. The first-order chi connectivity index (χ1) is 9.52. The molecule has 1 aromatic rings. The highest BCUT2D eigenvalue weighted by Gasteiger charge is 2.29. The summed E-state index contributed by atoms with van der Waals surface area (Å²) in [6.07, 6.45) is 6.31. The number of aryl methyl sites for hydroxylation is 2. The number of halogens is 1. The zero-order valence-corrected chi connectivity index (χ0v) is 13.0. The van der Waals surface area contributed by atoms with Crippen molar-refractivity contribution in [3.63, 3.8) is 0 Å². The summed E-state index contributed by atoms with van der Waals surface area (Å²) in [5.41, 5.74) is 2.32. The van der Waals surface area contributed by atoms with E-state index in [0.717, 1.165) is 29.9 Å². The summed E-state index contributed by atoms with van der Waals surface area (Å²) in [6.45, 7) is 6.02. The fourth-order valence-electron chi connectivity index (χ4n) is 3.74. The van der Waals surface area contributed by atoms with Crippen LogP contribution in [0.4, 0.5) is 4.39 Å². The molecular weight excluding hydrogens is 251 g/mol. The Morgan fingerprint density at radius 3 is 2.40 bits per heavy atom. The summed E-state index contributed by atoms with van der Waals surface area (Å²) in [7, 11) is 0. The van der Waals surface area contributed by atoms with Crippen LogP contribution in [0.3, 0.4) is 0 Å². The van der Waals surface area contributed by atoms with Gasteiger partial charge in [0.25, 0.3) is 0 Å². The van der Waals surface area contributed by atoms with Crippen molar-refractivity contribution in [3.8, 4) is 0 Å². The molecule has 1 nitrogen and oxygen atoms in total. The zero-order chi connectivity index (χ0) is 14.7. The van der Waals surface area contributed by atoms with Crippen LogP contribution in [0.1, 0.15) is 68.2 Å². The van der Waals surface area contributed by atoms with Crippen LogP contribution >= 0.6 is 0 Å². The normalized spacial score (nSPS) is 24.6. The summed E-state index contributed by atoms with van der Waals surface area (Å²) < 4.78 is 14.2. The summed E-state index contributed by atoms with van der Waals surface area (Å²) >= 11 is 0. The minimum absolute atomic E-state index is 0.221. The van der Waals surface area contributed by atoms with E-state index >= 15 is 0 Å². The van der Waals surface area contributed by atoms with Gasteiger partial charge in [0.1, 0.15) is 5.82 Å². The molecule has 0 bridgehead atoms. The van der Waals surface area contributed by atoms with Crippen molar-refractivity contribution in [1.82, 2.24) is 0 Å². The maximum Gasteiger partial charge on any atom is 0.129 e. The van der Waals surface area contributed by atoms with Crippen LogP contribution in [-0.2, 0) is 0 Å². The average Bonchev–Trinajstić information content (AvgIpc) is 2.38. The van der Waals surface area contributed by atoms with Crippen molar-refractivity contribution >= 4 is 0 Å². The maximum atomic E-state index is 14.2. The quantitative estimate of drug-likeness (QED) is 0.814. The smallest absolute Gasteiger partial charge is 0.129 e. The fourth-order valence-corrected chi connectivity index (χ4v) is 3.74. The summed E-state index contributed by atoms with van der Waals surface area (Å²) in [4.78, 5) is 0. The number of hydrogen-bond donors (Lipinski definition) is 1. The standard InChI is InChI=1S/C18H27FO/c1-4-5-14-6-8-15(9-7-14)18(20)17-13(3)10-12(2)11-16(17)19/h10-11,14-15,18,20H,4-9H2,1-3H3. The molecule has 0 aromatic heterocycles. The molecule has 0 aliphatic heterocycles. The molecule has 20 heavy (non-hydrogen) atoms. The average molecular weight is 278 g/mol. The third kappa shape index (κ3) is 3.41. The van der Waals surface area contributed by atoms with Crippen LogP contribution in [0.2, 0.25) is 0 Å². The second-order valence-electron chi connectivity index (χ2n) is 6.49. The van der Waals surface area contributed by atoms with Crippen molar-refractivity contribution in [2.45, 2.75) is 65.4 Å². The van der Waals surface area contributed by atoms with Gasteiger partial charge in [0.15, 0.2) is 0 Å². The Labute approximate surface area is 122 Å². The van der Waals surface area contributed by atoms with E-state index in [0.29, 0.717) is 5.56 Å². The van der Waals surface area contributed by atoms with Gasteiger partial charge in [0.2, 0.25) is 0 Å². The van der Waals surface area contributed by atoms with Gasteiger partial charge < -0.3 is 5.11 Å². The predicted octanol–water partition coefficient (Wildman–Crippen LogP) is 5.08. The molecule has 1 aliphatic carbocycles. The SMILES string of the molecule is CCCC1CCC(C(O)c2c(C)cc(C)cc2F)CC1. The molecule has 2 heteroatoms. The molecule has 1 saturated carbocycles. The second-order valence-corrected chi connectivity index (χ2v) is 6.49. The minimum Gasteiger partial charge on any atom is -0.388 e. The zero-order valence-electron chi connectivity index (χ0n) is 13.0. The molecule has 1 aliphatic rings. The van der Waals surface area contributed by atoms with Gasteiger partial charge in [-0.15, -0.1) is 0 Å². The molecule has 1 aromatic carbocycles. The lowest BCUT2D eigenvalue weighted by atomic mass is 9.76. The van der Waals surface area contributed by atoms with E-state index in [9.17, 15) is 9.50 Å². The van der Waals surface area contributed by atoms with Crippen molar-refractivity contribution in [2.24, 2.45) is 11.8 Å². The Morgan fingerprint density at radius 1 is 1.20 bits per heavy atom. The van der Waals surface area contributed by atoms with Gasteiger partial charge in [-0.25, -0.2) is 4.39 Å². The van der Waals surface area contributed by atoms with Crippen molar-refractivity contribution in [1.29, 1.82) is 0 Å². The third-order valence-electron chi connectivity index (χ3n) is 4.81. The lowest BCUT2D eigenvalue weighted by molar-refractivity contribution is 0.0688. The van der Waals surface area contributed by atoms with E-state index in [1.165, 1.54) is 31.7 Å². The van der Waals surface area contributed by atoms with E-state index < -0.39 is 6.10 Å². The number of benzene rings is 1. The third-order valence-corrected chi connectivity index (χ3v) is 4.81. The highest BCUT2D eigenvalue weighted by atomic mass is 19.1. The van der Waals surface area contributed by atoms with E-state index in [2.05, 4.69) is 6.92 Å². The molecule has 2 rings (SSSR count). The molecule has 0 amide bonds. The Bertz CT molecular complexity index is 424. The van der Waals surface area contributed by atoms with Gasteiger partial charge in [-0.05, 0) is 55.7 Å². The van der Waals surface area contributed by atoms with E-state index in [1.54, 1.807) is 0 Å². The molecule has 0 radical (unpaired) electrons. The Hall–Kier alpha value is -0.890. The predicted molar refractivity (Wildman–Crippen MR) is 81.2 cm³/mol. The second kappa shape index (κ2) is 6.71.